The molecule has 4 nitrogen and oxygen atoms in total. The van der Waals surface area contributed by atoms with Gasteiger partial charge < -0.3 is 5.32 Å². The first-order valence-electron chi connectivity index (χ1n) is 6.03. The predicted octanol–water partition coefficient (Wildman–Crippen LogP) is 2.30. The maximum atomic E-state index is 12.0. The van der Waals surface area contributed by atoms with Crippen molar-refractivity contribution in [3.05, 3.63) is 41.1 Å². The standard InChI is InChI=1S/C14H16N2O2/c1-3-7-16-13(17)12(15-14(16)18)9-11-6-4-5-10(2)8-11/h4-6,8-9H,3,7H2,1-2H3,(H,15,18)/b12-9+. The minimum atomic E-state index is -0.333. The summed E-state index contributed by atoms with van der Waals surface area (Å²) in [7, 11) is 0. The lowest BCUT2D eigenvalue weighted by Gasteiger charge is -2.08. The largest absolute Gasteiger partial charge is 0.329 e. The third-order valence-electron chi connectivity index (χ3n) is 2.76. The van der Waals surface area contributed by atoms with Crippen molar-refractivity contribution < 1.29 is 9.59 Å². The van der Waals surface area contributed by atoms with Crippen molar-refractivity contribution in [3.63, 3.8) is 0 Å². The van der Waals surface area contributed by atoms with Gasteiger partial charge in [-0.3, -0.25) is 9.69 Å². The molecule has 1 saturated heterocycles. The Bertz CT molecular complexity index is 520. The van der Waals surface area contributed by atoms with Gasteiger partial charge in [0.25, 0.3) is 5.91 Å². The molecular weight excluding hydrogens is 228 g/mol. The number of hydrogen-bond acceptors (Lipinski definition) is 2. The zero-order chi connectivity index (χ0) is 13.1. The van der Waals surface area contributed by atoms with E-state index in [4.69, 9.17) is 0 Å². The Kier molecular flexibility index (Phi) is 3.46. The number of carbonyl (C=O) groups excluding carboxylic acids is 2. The number of carbonyl (C=O) groups is 2. The highest BCUT2D eigenvalue weighted by Crippen LogP contribution is 2.15. The molecule has 2 rings (SSSR count). The quantitative estimate of drug-likeness (QED) is 0.655. The van der Waals surface area contributed by atoms with Crippen molar-refractivity contribution in [3.8, 4) is 0 Å². The zero-order valence-electron chi connectivity index (χ0n) is 10.6. The number of hydrogen-bond donors (Lipinski definition) is 1. The molecule has 0 spiro atoms. The van der Waals surface area contributed by atoms with Gasteiger partial charge in [-0.1, -0.05) is 36.8 Å². The van der Waals surface area contributed by atoms with Gasteiger partial charge >= 0.3 is 6.03 Å². The van der Waals surface area contributed by atoms with Crippen LogP contribution in [0.5, 0.6) is 0 Å². The first kappa shape index (κ1) is 12.4. The molecule has 1 aromatic rings. The second-order valence-corrected chi connectivity index (χ2v) is 4.36. The van der Waals surface area contributed by atoms with Crippen molar-refractivity contribution in [1.82, 2.24) is 10.2 Å². The number of nitrogens with one attached hydrogen (secondary N) is 1. The van der Waals surface area contributed by atoms with Gasteiger partial charge in [0.15, 0.2) is 0 Å². The Balaban J connectivity index is 2.25. The first-order chi connectivity index (χ1) is 8.61. The summed E-state index contributed by atoms with van der Waals surface area (Å²) in [6.07, 6.45) is 2.47. The molecule has 0 saturated carbocycles. The molecule has 1 fully saturated rings. The second kappa shape index (κ2) is 5.04. The van der Waals surface area contributed by atoms with Crippen LogP contribution in [-0.4, -0.2) is 23.4 Å². The van der Waals surface area contributed by atoms with E-state index in [-0.39, 0.29) is 11.9 Å². The molecule has 0 aliphatic carbocycles. The highest BCUT2D eigenvalue weighted by molar-refractivity contribution is 6.13. The summed E-state index contributed by atoms with van der Waals surface area (Å²) in [6, 6.07) is 7.45. The van der Waals surface area contributed by atoms with Crippen LogP contribution in [0, 0.1) is 6.92 Å². The monoisotopic (exact) mass is 244 g/mol. The fraction of sp³-hybridized carbons (Fsp3) is 0.286. The van der Waals surface area contributed by atoms with Gasteiger partial charge in [-0.25, -0.2) is 4.79 Å². The van der Waals surface area contributed by atoms with Gasteiger partial charge in [0, 0.05) is 6.54 Å². The van der Waals surface area contributed by atoms with Crippen LogP contribution >= 0.6 is 0 Å². The molecule has 4 heteroatoms. The summed E-state index contributed by atoms with van der Waals surface area (Å²) >= 11 is 0. The summed E-state index contributed by atoms with van der Waals surface area (Å²) in [5.41, 5.74) is 2.38. The summed E-state index contributed by atoms with van der Waals surface area (Å²) in [4.78, 5) is 24.8. The Morgan fingerprint density at radius 3 is 2.78 bits per heavy atom. The molecular formula is C14H16N2O2. The topological polar surface area (TPSA) is 49.4 Å². The van der Waals surface area contributed by atoms with Crippen LogP contribution in [0.15, 0.2) is 30.0 Å². The first-order valence-corrected chi connectivity index (χ1v) is 6.03. The Hall–Kier alpha value is -2.10. The van der Waals surface area contributed by atoms with E-state index in [1.165, 1.54) is 4.90 Å². The Morgan fingerprint density at radius 2 is 2.11 bits per heavy atom. The number of urea groups is 1. The smallest absolute Gasteiger partial charge is 0.303 e. The van der Waals surface area contributed by atoms with Gasteiger partial charge in [-0.05, 0) is 25.0 Å². The van der Waals surface area contributed by atoms with Crippen LogP contribution in [0.2, 0.25) is 0 Å². The van der Waals surface area contributed by atoms with E-state index >= 15 is 0 Å². The zero-order valence-corrected chi connectivity index (χ0v) is 10.6. The van der Waals surface area contributed by atoms with E-state index in [0.29, 0.717) is 12.2 Å². The minimum absolute atomic E-state index is 0.247. The van der Waals surface area contributed by atoms with E-state index in [9.17, 15) is 9.59 Å². The van der Waals surface area contributed by atoms with Crippen molar-refractivity contribution in [2.45, 2.75) is 20.3 Å². The molecule has 1 N–H and O–H groups in total. The second-order valence-electron chi connectivity index (χ2n) is 4.36. The van der Waals surface area contributed by atoms with E-state index in [1.807, 2.05) is 38.1 Å². The average Bonchev–Trinajstić information content (AvgIpc) is 2.57. The molecule has 0 atom stereocenters. The van der Waals surface area contributed by atoms with E-state index in [2.05, 4.69) is 5.32 Å². The highest BCUT2D eigenvalue weighted by atomic mass is 16.2. The normalized spacial score (nSPS) is 17.4. The van der Waals surface area contributed by atoms with Crippen molar-refractivity contribution in [2.24, 2.45) is 0 Å². The molecule has 3 amide bonds. The predicted molar refractivity (Wildman–Crippen MR) is 69.7 cm³/mol. The Labute approximate surface area is 106 Å². The van der Waals surface area contributed by atoms with Gasteiger partial charge in [0.05, 0.1) is 0 Å². The minimum Gasteiger partial charge on any atom is -0.303 e. The number of amides is 3. The summed E-state index contributed by atoms with van der Waals surface area (Å²) in [5, 5.41) is 2.61. The molecule has 0 bridgehead atoms. The fourth-order valence-corrected chi connectivity index (χ4v) is 1.92. The molecule has 1 aliphatic heterocycles. The van der Waals surface area contributed by atoms with Crippen molar-refractivity contribution in [1.29, 1.82) is 0 Å². The molecule has 94 valence electrons. The third-order valence-corrected chi connectivity index (χ3v) is 2.76. The molecule has 18 heavy (non-hydrogen) atoms. The highest BCUT2D eigenvalue weighted by Gasteiger charge is 2.32. The van der Waals surface area contributed by atoms with E-state index in [1.54, 1.807) is 6.08 Å². The summed E-state index contributed by atoms with van der Waals surface area (Å²) in [6.45, 7) is 4.37. The van der Waals surface area contributed by atoms with E-state index < -0.39 is 0 Å². The molecule has 0 unspecified atom stereocenters. The number of aryl methyl sites for hydroxylation is 1. The van der Waals surface area contributed by atoms with Crippen molar-refractivity contribution in [2.75, 3.05) is 6.54 Å². The molecule has 1 heterocycles. The number of rotatable bonds is 3. The van der Waals surface area contributed by atoms with Crippen LogP contribution in [0.4, 0.5) is 4.79 Å². The van der Waals surface area contributed by atoms with Crippen LogP contribution in [0.25, 0.3) is 6.08 Å². The van der Waals surface area contributed by atoms with Gasteiger partial charge in [0.2, 0.25) is 0 Å². The lowest BCUT2D eigenvalue weighted by molar-refractivity contribution is -0.122. The molecule has 0 radical (unpaired) electrons. The molecule has 1 aliphatic rings. The van der Waals surface area contributed by atoms with Gasteiger partial charge in [0.1, 0.15) is 5.70 Å². The molecule has 0 aromatic heterocycles. The van der Waals surface area contributed by atoms with E-state index in [0.717, 1.165) is 17.5 Å². The third kappa shape index (κ3) is 2.42. The van der Waals surface area contributed by atoms with Gasteiger partial charge in [-0.2, -0.15) is 0 Å². The maximum Gasteiger partial charge on any atom is 0.329 e. The van der Waals surface area contributed by atoms with Crippen LogP contribution in [0.3, 0.4) is 0 Å². The maximum absolute atomic E-state index is 12.0. The lowest BCUT2D eigenvalue weighted by Crippen LogP contribution is -2.31. The van der Waals surface area contributed by atoms with Gasteiger partial charge in [-0.15, -0.1) is 0 Å². The number of imide groups is 1. The van der Waals surface area contributed by atoms with Crippen LogP contribution in [0.1, 0.15) is 24.5 Å². The van der Waals surface area contributed by atoms with Crippen molar-refractivity contribution >= 4 is 18.0 Å². The van der Waals surface area contributed by atoms with Crippen LogP contribution in [-0.2, 0) is 4.79 Å². The average molecular weight is 244 g/mol. The SMILES string of the molecule is CCCN1C(=O)N/C(=C/c2cccc(C)c2)C1=O. The number of nitrogens with zero attached hydrogens (tertiary/aromatic N) is 1. The molecule has 1 aromatic carbocycles. The Morgan fingerprint density at radius 1 is 1.33 bits per heavy atom. The number of benzene rings is 1. The summed E-state index contributed by atoms with van der Waals surface area (Å²) in [5.74, 6) is -0.247. The van der Waals surface area contributed by atoms with Crippen LogP contribution < -0.4 is 5.32 Å². The lowest BCUT2D eigenvalue weighted by atomic mass is 10.1. The summed E-state index contributed by atoms with van der Waals surface area (Å²) < 4.78 is 0. The fourth-order valence-electron chi connectivity index (χ4n) is 1.92.